The molecule has 0 fully saturated rings. The van der Waals surface area contributed by atoms with E-state index >= 15 is 0 Å². The zero-order valence-corrected chi connectivity index (χ0v) is 13.4. The Morgan fingerprint density at radius 2 is 1.50 bits per heavy atom. The summed E-state index contributed by atoms with van der Waals surface area (Å²) in [7, 11) is 0. The van der Waals surface area contributed by atoms with E-state index in [0.29, 0.717) is 22.7 Å². The van der Waals surface area contributed by atoms with Crippen molar-refractivity contribution in [3.05, 3.63) is 83.7 Å². The molecule has 0 aliphatic heterocycles. The van der Waals surface area contributed by atoms with Crippen LogP contribution in [0.2, 0.25) is 0 Å². The fourth-order valence-electron chi connectivity index (χ4n) is 2.34. The maximum Gasteiger partial charge on any atom is 0.573 e. The predicted octanol–water partition coefficient (Wildman–Crippen LogP) is 4.46. The van der Waals surface area contributed by atoms with Crippen LogP contribution in [0.4, 0.5) is 13.2 Å². The fourth-order valence-corrected chi connectivity index (χ4v) is 2.34. The zero-order chi connectivity index (χ0) is 18.6. The van der Waals surface area contributed by atoms with E-state index < -0.39 is 6.36 Å². The first kappa shape index (κ1) is 17.6. The van der Waals surface area contributed by atoms with Gasteiger partial charge >= 0.3 is 6.36 Å². The normalized spacial score (nSPS) is 11.2. The average Bonchev–Trinajstić information content (AvgIpc) is 2.61. The van der Waals surface area contributed by atoms with Gasteiger partial charge in [-0.2, -0.15) is 4.73 Å². The second-order valence-corrected chi connectivity index (χ2v) is 5.42. The van der Waals surface area contributed by atoms with Crippen molar-refractivity contribution in [1.82, 2.24) is 0 Å². The molecule has 134 valence electrons. The van der Waals surface area contributed by atoms with Crippen LogP contribution in [-0.4, -0.2) is 6.36 Å². The number of hydrogen-bond acceptors (Lipinski definition) is 3. The van der Waals surface area contributed by atoms with Crippen LogP contribution >= 0.6 is 0 Å². The molecule has 4 nitrogen and oxygen atoms in total. The van der Waals surface area contributed by atoms with Crippen LogP contribution in [0, 0.1) is 5.21 Å². The van der Waals surface area contributed by atoms with Gasteiger partial charge in [0.1, 0.15) is 12.4 Å². The number of alkyl halides is 3. The van der Waals surface area contributed by atoms with Crippen LogP contribution in [0.3, 0.4) is 0 Å². The minimum absolute atomic E-state index is 0.288. The van der Waals surface area contributed by atoms with E-state index in [2.05, 4.69) is 4.74 Å². The molecule has 0 amide bonds. The lowest BCUT2D eigenvalue weighted by atomic mass is 10.1. The lowest BCUT2D eigenvalue weighted by Gasteiger charge is -2.10. The predicted molar refractivity (Wildman–Crippen MR) is 88.3 cm³/mol. The van der Waals surface area contributed by atoms with E-state index in [-0.39, 0.29) is 11.4 Å². The van der Waals surface area contributed by atoms with E-state index in [4.69, 9.17) is 4.74 Å². The molecule has 0 N–H and O–H groups in total. The van der Waals surface area contributed by atoms with E-state index in [1.807, 2.05) is 30.3 Å². The maximum absolute atomic E-state index is 12.2. The van der Waals surface area contributed by atoms with Crippen LogP contribution in [0.25, 0.3) is 11.3 Å². The molecule has 0 radical (unpaired) electrons. The Morgan fingerprint density at radius 3 is 2.12 bits per heavy atom. The third-order valence-electron chi connectivity index (χ3n) is 3.52. The molecule has 0 spiro atoms. The molecule has 0 unspecified atom stereocenters. The highest BCUT2D eigenvalue weighted by atomic mass is 19.4. The lowest BCUT2D eigenvalue weighted by molar-refractivity contribution is -0.594. The molecule has 0 aliphatic carbocycles. The summed E-state index contributed by atoms with van der Waals surface area (Å²) in [5.74, 6) is 0.0474. The Morgan fingerprint density at radius 1 is 0.846 bits per heavy atom. The molecule has 3 rings (SSSR count). The number of nitrogens with zero attached hydrogens (tertiary/aromatic N) is 1. The second kappa shape index (κ2) is 7.35. The quantitative estimate of drug-likeness (QED) is 0.498. The van der Waals surface area contributed by atoms with Crippen molar-refractivity contribution in [2.45, 2.75) is 13.0 Å². The van der Waals surface area contributed by atoms with Crippen LogP contribution in [0.5, 0.6) is 11.5 Å². The van der Waals surface area contributed by atoms with Crippen LogP contribution in [0.1, 0.15) is 5.56 Å². The number of halogens is 3. The van der Waals surface area contributed by atoms with E-state index in [9.17, 15) is 18.4 Å². The standard InChI is InChI=1S/C19H14F3NO3/c20-19(21,22)26-16-8-6-15(7-9-16)18-11-10-17(12-23(18)24)25-13-14-4-2-1-3-5-14/h1-12H,13H2. The average molecular weight is 361 g/mol. The SMILES string of the molecule is [O-][n+]1cc(OCc2ccccc2)ccc1-c1ccc(OC(F)(F)F)cc1. The fraction of sp³-hybridized carbons (Fsp3) is 0.105. The largest absolute Gasteiger partial charge is 0.618 e. The molecule has 0 saturated carbocycles. The van der Waals surface area contributed by atoms with Crippen molar-refractivity contribution in [3.8, 4) is 22.8 Å². The molecular weight excluding hydrogens is 347 g/mol. The number of benzene rings is 2. The summed E-state index contributed by atoms with van der Waals surface area (Å²) in [5, 5.41) is 12.2. The van der Waals surface area contributed by atoms with Gasteiger partial charge in [-0.15, -0.1) is 13.2 Å². The first-order valence-electron chi connectivity index (χ1n) is 7.67. The second-order valence-electron chi connectivity index (χ2n) is 5.42. The number of rotatable bonds is 5. The first-order valence-corrected chi connectivity index (χ1v) is 7.67. The summed E-state index contributed by atoms with van der Waals surface area (Å²) in [6, 6.07) is 17.8. The summed E-state index contributed by atoms with van der Waals surface area (Å²) >= 11 is 0. The van der Waals surface area contributed by atoms with Gasteiger partial charge in [-0.1, -0.05) is 30.3 Å². The molecule has 2 aromatic carbocycles. The van der Waals surface area contributed by atoms with E-state index in [1.165, 1.54) is 18.3 Å². The highest BCUT2D eigenvalue weighted by Gasteiger charge is 2.31. The van der Waals surface area contributed by atoms with Crippen LogP contribution in [0.15, 0.2) is 72.9 Å². The van der Waals surface area contributed by atoms with Gasteiger partial charge in [0.15, 0.2) is 5.75 Å². The van der Waals surface area contributed by atoms with Crippen molar-refractivity contribution in [1.29, 1.82) is 0 Å². The maximum atomic E-state index is 12.2. The summed E-state index contributed by atoms with van der Waals surface area (Å²) < 4.78 is 46.5. The van der Waals surface area contributed by atoms with Gasteiger partial charge in [0.25, 0.3) is 0 Å². The molecule has 0 aliphatic rings. The molecule has 1 heterocycles. The van der Waals surface area contributed by atoms with Gasteiger partial charge in [0, 0.05) is 11.6 Å². The molecule has 0 bridgehead atoms. The molecular formula is C19H14F3NO3. The van der Waals surface area contributed by atoms with Gasteiger partial charge in [0.05, 0.1) is 0 Å². The van der Waals surface area contributed by atoms with Crippen LogP contribution < -0.4 is 14.2 Å². The number of hydrogen-bond donors (Lipinski definition) is 0. The molecule has 0 atom stereocenters. The highest BCUT2D eigenvalue weighted by molar-refractivity contribution is 5.57. The van der Waals surface area contributed by atoms with Crippen molar-refractivity contribution in [3.63, 3.8) is 0 Å². The smallest absolute Gasteiger partial charge is 0.573 e. The Labute approximate surface area is 147 Å². The zero-order valence-electron chi connectivity index (χ0n) is 13.4. The van der Waals surface area contributed by atoms with Crippen molar-refractivity contribution in [2.24, 2.45) is 0 Å². The minimum Gasteiger partial charge on any atom is -0.618 e. The third kappa shape index (κ3) is 4.66. The van der Waals surface area contributed by atoms with Crippen molar-refractivity contribution >= 4 is 0 Å². The molecule has 3 aromatic rings. The summed E-state index contributed by atoms with van der Waals surface area (Å²) in [6.07, 6.45) is -3.48. The van der Waals surface area contributed by atoms with Crippen molar-refractivity contribution < 1.29 is 27.4 Å². The van der Waals surface area contributed by atoms with Crippen LogP contribution in [-0.2, 0) is 6.61 Å². The third-order valence-corrected chi connectivity index (χ3v) is 3.52. The molecule has 1 aromatic heterocycles. The number of pyridine rings is 1. The Kier molecular flexibility index (Phi) is 4.97. The summed E-state index contributed by atoms with van der Waals surface area (Å²) in [6.45, 7) is 0.323. The molecule has 0 saturated heterocycles. The Hall–Kier alpha value is -3.22. The molecule has 7 heteroatoms. The van der Waals surface area contributed by atoms with Gasteiger partial charge in [-0.05, 0) is 35.9 Å². The Balaban J connectivity index is 1.71. The summed E-state index contributed by atoms with van der Waals surface area (Å²) in [5.41, 5.74) is 1.72. The van der Waals surface area contributed by atoms with Crippen molar-refractivity contribution in [2.75, 3.05) is 0 Å². The van der Waals surface area contributed by atoms with Gasteiger partial charge < -0.3 is 14.7 Å². The minimum atomic E-state index is -4.75. The highest BCUT2D eigenvalue weighted by Crippen LogP contribution is 2.26. The molecule has 26 heavy (non-hydrogen) atoms. The van der Waals surface area contributed by atoms with Gasteiger partial charge in [-0.25, -0.2) is 0 Å². The monoisotopic (exact) mass is 361 g/mol. The van der Waals surface area contributed by atoms with Gasteiger partial charge in [-0.3, -0.25) is 0 Å². The summed E-state index contributed by atoms with van der Waals surface area (Å²) in [4.78, 5) is 0. The van der Waals surface area contributed by atoms with Gasteiger partial charge in [0.2, 0.25) is 11.9 Å². The number of ether oxygens (including phenoxy) is 2. The Bertz CT molecular complexity index is 865. The first-order chi connectivity index (χ1) is 12.4. The lowest BCUT2D eigenvalue weighted by Crippen LogP contribution is -2.28. The van der Waals surface area contributed by atoms with E-state index in [0.717, 1.165) is 17.7 Å². The number of aromatic nitrogens is 1. The topological polar surface area (TPSA) is 45.4 Å². The van der Waals surface area contributed by atoms with E-state index in [1.54, 1.807) is 12.1 Å².